The number of nitrogens with zero attached hydrogens (tertiary/aromatic N) is 3. The van der Waals surface area contributed by atoms with Gasteiger partial charge in [-0.25, -0.2) is 4.79 Å². The van der Waals surface area contributed by atoms with Crippen LogP contribution in [0.3, 0.4) is 0 Å². The van der Waals surface area contributed by atoms with Crippen molar-refractivity contribution in [2.75, 3.05) is 26.0 Å². The molecule has 184 valence electrons. The molecule has 0 unspecified atom stereocenters. The monoisotopic (exact) mass is 518 g/mol. The van der Waals surface area contributed by atoms with Crippen LogP contribution in [0, 0.1) is 0 Å². The second-order valence-electron chi connectivity index (χ2n) is 9.29. The van der Waals surface area contributed by atoms with Crippen LogP contribution in [0.5, 0.6) is 5.75 Å². The largest absolute Gasteiger partial charge is 0.495 e. The van der Waals surface area contributed by atoms with Gasteiger partial charge in [0, 0.05) is 34.7 Å². The van der Waals surface area contributed by atoms with Crippen LogP contribution in [0.4, 0.5) is 10.5 Å². The van der Waals surface area contributed by atoms with Gasteiger partial charge in [0.05, 0.1) is 31.1 Å². The van der Waals surface area contributed by atoms with E-state index in [4.69, 9.17) is 16.3 Å². The number of urea groups is 1. The molecule has 1 N–H and O–H groups in total. The van der Waals surface area contributed by atoms with Crippen molar-refractivity contribution in [3.05, 3.63) is 99.1 Å². The lowest BCUT2D eigenvalue weighted by Crippen LogP contribution is -2.38. The number of likely N-dealkylation sites (N-methyl/N-ethyl adjacent to an activating group) is 1. The molecule has 2 aromatic heterocycles. The molecule has 0 bridgehead atoms. The van der Waals surface area contributed by atoms with Gasteiger partial charge in [-0.15, -0.1) is 11.3 Å². The molecule has 2 amide bonds. The van der Waals surface area contributed by atoms with Crippen LogP contribution in [0.15, 0.2) is 66.9 Å². The highest BCUT2D eigenvalue weighted by molar-refractivity contribution is 7.15. The number of halogens is 1. The zero-order chi connectivity index (χ0) is 24.8. The Bertz CT molecular complexity index is 1430. The SMILES string of the molecule is COc1ccccc1NC(=O)N1Cc2c(sc3c2CCN(C)C3)-n2cccc2[C@@H]1c1ccc(Cl)cc1. The predicted molar refractivity (Wildman–Crippen MR) is 145 cm³/mol. The van der Waals surface area contributed by atoms with Gasteiger partial charge in [0.2, 0.25) is 0 Å². The number of carbonyl (C=O) groups excluding carboxylic acids is 1. The Morgan fingerprint density at radius 3 is 2.67 bits per heavy atom. The van der Waals surface area contributed by atoms with E-state index in [2.05, 4.69) is 40.2 Å². The maximum absolute atomic E-state index is 14.0. The Morgan fingerprint density at radius 1 is 1.06 bits per heavy atom. The first-order valence-corrected chi connectivity index (χ1v) is 13.2. The summed E-state index contributed by atoms with van der Waals surface area (Å²) in [6.45, 7) is 2.47. The van der Waals surface area contributed by atoms with Crippen molar-refractivity contribution in [1.29, 1.82) is 0 Å². The highest BCUT2D eigenvalue weighted by Gasteiger charge is 2.36. The van der Waals surface area contributed by atoms with Crippen molar-refractivity contribution in [2.45, 2.75) is 25.6 Å². The van der Waals surface area contributed by atoms with Gasteiger partial charge in [-0.1, -0.05) is 35.9 Å². The van der Waals surface area contributed by atoms with E-state index in [0.717, 1.165) is 30.8 Å². The molecule has 6 nitrogen and oxygen atoms in total. The van der Waals surface area contributed by atoms with E-state index in [-0.39, 0.29) is 12.1 Å². The number of rotatable bonds is 3. The van der Waals surface area contributed by atoms with Crippen LogP contribution in [-0.4, -0.2) is 41.1 Å². The zero-order valence-electron chi connectivity index (χ0n) is 20.2. The first-order valence-electron chi connectivity index (χ1n) is 12.0. The Balaban J connectivity index is 1.49. The fourth-order valence-corrected chi connectivity index (χ4v) is 6.85. The summed E-state index contributed by atoms with van der Waals surface area (Å²) in [5.74, 6) is 0.628. The van der Waals surface area contributed by atoms with Gasteiger partial charge in [-0.05, 0) is 61.0 Å². The summed E-state index contributed by atoms with van der Waals surface area (Å²) in [4.78, 5) is 19.7. The van der Waals surface area contributed by atoms with E-state index in [1.807, 2.05) is 64.8 Å². The molecule has 8 heteroatoms. The number of aromatic nitrogens is 1. The van der Waals surface area contributed by atoms with E-state index >= 15 is 0 Å². The highest BCUT2D eigenvalue weighted by atomic mass is 35.5. The van der Waals surface area contributed by atoms with Crippen LogP contribution >= 0.6 is 22.9 Å². The minimum atomic E-state index is -0.284. The number of methoxy groups -OCH3 is 1. The van der Waals surface area contributed by atoms with E-state index in [1.54, 1.807) is 7.11 Å². The molecule has 0 radical (unpaired) electrons. The van der Waals surface area contributed by atoms with E-state index in [1.165, 1.54) is 21.0 Å². The molecule has 36 heavy (non-hydrogen) atoms. The number of hydrogen-bond acceptors (Lipinski definition) is 4. The van der Waals surface area contributed by atoms with Gasteiger partial charge in [0.1, 0.15) is 10.8 Å². The number of para-hydroxylation sites is 2. The number of nitrogens with one attached hydrogen (secondary N) is 1. The molecule has 0 fully saturated rings. The van der Waals surface area contributed by atoms with Gasteiger partial charge in [0.15, 0.2) is 0 Å². The first kappa shape index (κ1) is 23.2. The summed E-state index contributed by atoms with van der Waals surface area (Å²) in [5, 5.41) is 5.01. The molecular formula is C28H27ClN4O2S. The first-order chi connectivity index (χ1) is 17.5. The fraction of sp³-hybridized carbons (Fsp3) is 0.250. The Labute approximate surface area is 219 Å². The van der Waals surface area contributed by atoms with Crippen molar-refractivity contribution in [2.24, 2.45) is 0 Å². The predicted octanol–water partition coefficient (Wildman–Crippen LogP) is 6.33. The van der Waals surface area contributed by atoms with E-state index < -0.39 is 0 Å². The topological polar surface area (TPSA) is 49.7 Å². The minimum absolute atomic E-state index is 0.173. The molecule has 4 heterocycles. The Hall–Kier alpha value is -3.26. The molecule has 2 aliphatic rings. The third-order valence-corrected chi connectivity index (χ3v) is 8.56. The van der Waals surface area contributed by atoms with Crippen LogP contribution in [-0.2, 0) is 19.5 Å². The maximum Gasteiger partial charge on any atom is 0.323 e. The minimum Gasteiger partial charge on any atom is -0.495 e. The number of thiophene rings is 1. The van der Waals surface area contributed by atoms with Crippen LogP contribution in [0.2, 0.25) is 5.02 Å². The van der Waals surface area contributed by atoms with Crippen molar-refractivity contribution < 1.29 is 9.53 Å². The number of hydrogen-bond donors (Lipinski definition) is 1. The summed E-state index contributed by atoms with van der Waals surface area (Å²) in [6.07, 6.45) is 3.10. The lowest BCUT2D eigenvalue weighted by Gasteiger charge is -2.32. The van der Waals surface area contributed by atoms with Gasteiger partial charge in [-0.3, -0.25) is 0 Å². The van der Waals surface area contributed by atoms with Crippen LogP contribution in [0.1, 0.15) is 33.3 Å². The van der Waals surface area contributed by atoms with E-state index in [9.17, 15) is 4.79 Å². The molecule has 1 atom stereocenters. The number of anilines is 1. The molecule has 2 aliphatic heterocycles. The van der Waals surface area contributed by atoms with Crippen molar-refractivity contribution >= 4 is 34.7 Å². The molecular weight excluding hydrogens is 492 g/mol. The van der Waals surface area contributed by atoms with Crippen molar-refractivity contribution in [3.8, 4) is 10.8 Å². The number of amides is 2. The Morgan fingerprint density at radius 2 is 1.86 bits per heavy atom. The summed E-state index contributed by atoms with van der Waals surface area (Å²) < 4.78 is 7.77. The lowest BCUT2D eigenvalue weighted by molar-refractivity contribution is 0.194. The molecule has 4 aromatic rings. The highest BCUT2D eigenvalue weighted by Crippen LogP contribution is 2.43. The van der Waals surface area contributed by atoms with Gasteiger partial charge in [0.25, 0.3) is 0 Å². The Kier molecular flexibility index (Phi) is 5.99. The van der Waals surface area contributed by atoms with Crippen LogP contribution in [0.25, 0.3) is 5.00 Å². The van der Waals surface area contributed by atoms with Gasteiger partial charge >= 0.3 is 6.03 Å². The number of ether oxygens (including phenoxy) is 1. The summed E-state index contributed by atoms with van der Waals surface area (Å²) in [6, 6.07) is 19.0. The average Bonchev–Trinajstić information content (AvgIpc) is 3.46. The number of benzene rings is 2. The summed E-state index contributed by atoms with van der Waals surface area (Å²) in [7, 11) is 3.78. The average molecular weight is 519 g/mol. The third-order valence-electron chi connectivity index (χ3n) is 7.05. The molecule has 0 spiro atoms. The van der Waals surface area contributed by atoms with Crippen molar-refractivity contribution in [1.82, 2.24) is 14.4 Å². The lowest BCUT2D eigenvalue weighted by atomic mass is 10.0. The van der Waals surface area contributed by atoms with E-state index in [0.29, 0.717) is 23.0 Å². The third kappa shape index (κ3) is 3.97. The van der Waals surface area contributed by atoms with Gasteiger partial charge in [-0.2, -0.15) is 0 Å². The summed E-state index contributed by atoms with van der Waals surface area (Å²) >= 11 is 8.08. The molecule has 6 rings (SSSR count). The number of fused-ring (bicyclic) bond motifs is 5. The normalized spacial score (nSPS) is 17.1. The molecule has 0 saturated heterocycles. The van der Waals surface area contributed by atoms with Crippen LogP contribution < -0.4 is 10.1 Å². The second kappa shape index (κ2) is 9.32. The fourth-order valence-electron chi connectivity index (χ4n) is 5.28. The molecule has 0 aliphatic carbocycles. The molecule has 0 saturated carbocycles. The maximum atomic E-state index is 14.0. The quantitative estimate of drug-likeness (QED) is 0.345. The smallest absolute Gasteiger partial charge is 0.323 e. The summed E-state index contributed by atoms with van der Waals surface area (Å²) in [5.41, 5.74) is 5.34. The van der Waals surface area contributed by atoms with Gasteiger partial charge < -0.3 is 24.4 Å². The molecule has 2 aromatic carbocycles. The second-order valence-corrected chi connectivity index (χ2v) is 10.8. The van der Waals surface area contributed by atoms with Crippen molar-refractivity contribution in [3.63, 3.8) is 0 Å². The zero-order valence-corrected chi connectivity index (χ0v) is 21.8. The number of carbonyl (C=O) groups is 1. The standard InChI is InChI=1S/C28H27ClN4O2S/c1-31-15-13-20-21-16-33(28(34)30-22-6-3-4-8-24(22)35-2)26(18-9-11-19(29)12-10-18)23-7-5-14-32(23)27(21)36-25(20)17-31/h3-12,14,26H,13,15-17H2,1-2H3,(H,30,34)/t26-/m0/s1.